The summed E-state index contributed by atoms with van der Waals surface area (Å²) in [5, 5.41) is 2.93. The highest BCUT2D eigenvalue weighted by molar-refractivity contribution is 5.92. The Morgan fingerprint density at radius 1 is 1.03 bits per heavy atom. The first kappa shape index (κ1) is 21.2. The normalized spacial score (nSPS) is 16.7. The number of hydrogen-bond acceptors (Lipinski definition) is 5. The number of fused-ring (bicyclic) bond motifs is 1. The molecule has 1 N–H and O–H groups in total. The zero-order valence-corrected chi connectivity index (χ0v) is 17.4. The lowest BCUT2D eigenvalue weighted by molar-refractivity contribution is -0.119. The van der Waals surface area contributed by atoms with Gasteiger partial charge in [0.15, 0.2) is 17.4 Å². The third-order valence-corrected chi connectivity index (χ3v) is 5.84. The van der Waals surface area contributed by atoms with Crippen LogP contribution in [0.15, 0.2) is 30.3 Å². The quantitative estimate of drug-likeness (QED) is 0.792. The molecule has 8 heteroatoms. The molecule has 2 aromatic rings. The minimum absolute atomic E-state index is 0.109. The average Bonchev–Trinajstić information content (AvgIpc) is 2.74. The predicted molar refractivity (Wildman–Crippen MR) is 114 cm³/mol. The second kappa shape index (κ2) is 9.01. The van der Waals surface area contributed by atoms with Crippen LogP contribution in [0.2, 0.25) is 0 Å². The molecule has 164 valence electrons. The van der Waals surface area contributed by atoms with Crippen LogP contribution in [0.5, 0.6) is 5.75 Å². The molecule has 0 unspecified atom stereocenters. The van der Waals surface area contributed by atoms with Gasteiger partial charge in [0.2, 0.25) is 5.91 Å². The summed E-state index contributed by atoms with van der Waals surface area (Å²) in [5.74, 6) is -1.69. The van der Waals surface area contributed by atoms with Gasteiger partial charge >= 0.3 is 0 Å². The van der Waals surface area contributed by atoms with Gasteiger partial charge in [0, 0.05) is 62.5 Å². The van der Waals surface area contributed by atoms with Gasteiger partial charge in [-0.2, -0.15) is 0 Å². The van der Waals surface area contributed by atoms with Crippen molar-refractivity contribution in [2.24, 2.45) is 0 Å². The van der Waals surface area contributed by atoms with E-state index in [4.69, 9.17) is 4.74 Å². The maximum absolute atomic E-state index is 14.0. The number of amides is 1. The number of Topliss-reactive ketones (excluding diaryl/α,β-unsaturated/α-hetero) is 1. The second-order valence-electron chi connectivity index (χ2n) is 7.95. The minimum Gasteiger partial charge on any atom is -0.491 e. The maximum Gasteiger partial charge on any atom is 0.238 e. The molecule has 6 nitrogen and oxygen atoms in total. The van der Waals surface area contributed by atoms with Crippen molar-refractivity contribution in [2.75, 3.05) is 50.1 Å². The molecule has 31 heavy (non-hydrogen) atoms. The standard InChI is InChI=1S/C23H25F2N3O3/c1-31-23-20(24)12-18(13-21(23)25)28-8-6-27(7-9-28)14-22(30)26-17-4-2-16-11-19(29)5-3-15(16)10-17/h2,4,10,12-13H,3,5-9,11,14H2,1H3,(H,26,30). The maximum atomic E-state index is 14.0. The van der Waals surface area contributed by atoms with E-state index >= 15 is 0 Å². The summed E-state index contributed by atoms with van der Waals surface area (Å²) in [7, 11) is 1.23. The van der Waals surface area contributed by atoms with Gasteiger partial charge in [-0.05, 0) is 29.7 Å². The van der Waals surface area contributed by atoms with Crippen LogP contribution >= 0.6 is 0 Å². The van der Waals surface area contributed by atoms with Crippen LogP contribution in [0.1, 0.15) is 17.5 Å². The molecule has 0 atom stereocenters. The summed E-state index contributed by atoms with van der Waals surface area (Å²) in [6.07, 6.45) is 1.74. The third kappa shape index (κ3) is 4.85. The largest absolute Gasteiger partial charge is 0.491 e. The van der Waals surface area contributed by atoms with Gasteiger partial charge in [-0.3, -0.25) is 14.5 Å². The zero-order valence-electron chi connectivity index (χ0n) is 17.4. The molecule has 1 aliphatic carbocycles. The summed E-state index contributed by atoms with van der Waals surface area (Å²) in [6.45, 7) is 2.58. The van der Waals surface area contributed by atoms with Gasteiger partial charge in [0.05, 0.1) is 13.7 Å². The number of piperazine rings is 1. The number of benzene rings is 2. The Bertz CT molecular complexity index is 981. The molecule has 1 heterocycles. The molecule has 1 saturated heterocycles. The highest BCUT2D eigenvalue weighted by Crippen LogP contribution is 2.28. The average molecular weight is 429 g/mol. The first-order valence-corrected chi connectivity index (χ1v) is 10.4. The van der Waals surface area contributed by atoms with Crippen LogP contribution in [0.3, 0.4) is 0 Å². The molecule has 0 spiro atoms. The third-order valence-electron chi connectivity index (χ3n) is 5.84. The Kier molecular flexibility index (Phi) is 6.18. The molecule has 0 aromatic heterocycles. The fourth-order valence-electron chi connectivity index (χ4n) is 4.18. The number of halogens is 2. The van der Waals surface area contributed by atoms with Crippen molar-refractivity contribution in [3.05, 3.63) is 53.1 Å². The number of carbonyl (C=O) groups excluding carboxylic acids is 2. The van der Waals surface area contributed by atoms with Crippen LogP contribution in [-0.4, -0.2) is 56.4 Å². The van der Waals surface area contributed by atoms with E-state index in [0.29, 0.717) is 51.1 Å². The van der Waals surface area contributed by atoms with Crippen LogP contribution < -0.4 is 15.0 Å². The van der Waals surface area contributed by atoms with Gasteiger partial charge in [-0.25, -0.2) is 8.78 Å². The van der Waals surface area contributed by atoms with E-state index in [2.05, 4.69) is 5.32 Å². The van der Waals surface area contributed by atoms with E-state index in [-0.39, 0.29) is 24.0 Å². The number of hydrogen-bond donors (Lipinski definition) is 1. The highest BCUT2D eigenvalue weighted by atomic mass is 19.1. The van der Waals surface area contributed by atoms with Gasteiger partial charge in [-0.1, -0.05) is 6.07 Å². The topological polar surface area (TPSA) is 61.9 Å². The summed E-state index contributed by atoms with van der Waals surface area (Å²) in [5.41, 5.74) is 3.36. The Morgan fingerprint density at radius 3 is 2.42 bits per heavy atom. The SMILES string of the molecule is COc1c(F)cc(N2CCN(CC(=O)Nc3ccc4c(c3)CCC(=O)C4)CC2)cc1F. The Balaban J connectivity index is 1.30. The van der Waals surface area contributed by atoms with Crippen LogP contribution in [0, 0.1) is 11.6 Å². The van der Waals surface area contributed by atoms with E-state index in [9.17, 15) is 18.4 Å². The molecule has 1 amide bonds. The van der Waals surface area contributed by atoms with Gasteiger partial charge < -0.3 is 15.0 Å². The molecule has 4 rings (SSSR count). The van der Waals surface area contributed by atoms with Crippen LogP contribution in [-0.2, 0) is 22.4 Å². The Labute approximate surface area is 179 Å². The lowest BCUT2D eigenvalue weighted by Crippen LogP contribution is -2.48. The van der Waals surface area contributed by atoms with E-state index in [0.717, 1.165) is 16.8 Å². The highest BCUT2D eigenvalue weighted by Gasteiger charge is 2.22. The zero-order chi connectivity index (χ0) is 22.0. The lowest BCUT2D eigenvalue weighted by atomic mass is 9.90. The van der Waals surface area contributed by atoms with Gasteiger partial charge in [0.1, 0.15) is 5.78 Å². The fraction of sp³-hybridized carbons (Fsp3) is 0.391. The fourth-order valence-corrected chi connectivity index (χ4v) is 4.18. The number of aryl methyl sites for hydroxylation is 1. The van der Waals surface area contributed by atoms with Crippen molar-refractivity contribution < 1.29 is 23.1 Å². The number of rotatable bonds is 5. The number of anilines is 2. The molecule has 0 radical (unpaired) electrons. The van der Waals surface area contributed by atoms with Crippen molar-refractivity contribution >= 4 is 23.1 Å². The van der Waals surface area contributed by atoms with Crippen molar-refractivity contribution in [1.82, 2.24) is 4.90 Å². The van der Waals surface area contributed by atoms with Crippen molar-refractivity contribution in [1.29, 1.82) is 0 Å². The first-order chi connectivity index (χ1) is 14.9. The first-order valence-electron chi connectivity index (χ1n) is 10.4. The molecular formula is C23H25F2N3O3. The number of methoxy groups -OCH3 is 1. The summed E-state index contributed by atoms with van der Waals surface area (Å²) in [4.78, 5) is 27.9. The van der Waals surface area contributed by atoms with E-state index in [1.54, 1.807) is 0 Å². The number of ketones is 1. The molecule has 1 aliphatic heterocycles. The monoisotopic (exact) mass is 429 g/mol. The predicted octanol–water partition coefficient (Wildman–Crippen LogP) is 2.79. The Hall–Kier alpha value is -3.00. The molecule has 0 saturated carbocycles. The van der Waals surface area contributed by atoms with Crippen molar-refractivity contribution in [2.45, 2.75) is 19.3 Å². The number of nitrogens with one attached hydrogen (secondary N) is 1. The van der Waals surface area contributed by atoms with Crippen molar-refractivity contribution in [3.8, 4) is 5.75 Å². The van der Waals surface area contributed by atoms with Crippen LogP contribution in [0.25, 0.3) is 0 Å². The summed E-state index contributed by atoms with van der Waals surface area (Å²) < 4.78 is 32.7. The van der Waals surface area contributed by atoms with E-state index in [1.807, 2.05) is 28.0 Å². The van der Waals surface area contributed by atoms with E-state index < -0.39 is 11.6 Å². The molecule has 2 aromatic carbocycles. The van der Waals surface area contributed by atoms with Crippen molar-refractivity contribution in [3.63, 3.8) is 0 Å². The van der Waals surface area contributed by atoms with Crippen LogP contribution in [0.4, 0.5) is 20.2 Å². The molecule has 0 bridgehead atoms. The number of nitrogens with zero attached hydrogens (tertiary/aromatic N) is 2. The minimum atomic E-state index is -0.728. The van der Waals surface area contributed by atoms with Gasteiger partial charge in [0.25, 0.3) is 0 Å². The molecular weight excluding hydrogens is 404 g/mol. The van der Waals surface area contributed by atoms with Gasteiger partial charge in [-0.15, -0.1) is 0 Å². The summed E-state index contributed by atoms with van der Waals surface area (Å²) in [6, 6.07) is 8.24. The summed E-state index contributed by atoms with van der Waals surface area (Å²) >= 11 is 0. The smallest absolute Gasteiger partial charge is 0.238 e. The molecule has 2 aliphatic rings. The van der Waals surface area contributed by atoms with E-state index in [1.165, 1.54) is 19.2 Å². The molecule has 1 fully saturated rings. The second-order valence-corrected chi connectivity index (χ2v) is 7.95. The number of carbonyl (C=O) groups is 2. The Morgan fingerprint density at radius 2 is 1.74 bits per heavy atom. The lowest BCUT2D eigenvalue weighted by Gasteiger charge is -2.35. The number of ether oxygens (including phenoxy) is 1.